The number of ether oxygens (including phenoxy) is 1. The second-order valence-corrected chi connectivity index (χ2v) is 4.71. The molecule has 0 radical (unpaired) electrons. The van der Waals surface area contributed by atoms with E-state index < -0.39 is 0 Å². The first-order valence-corrected chi connectivity index (χ1v) is 6.44. The maximum absolute atomic E-state index is 12.4. The lowest BCUT2D eigenvalue weighted by Gasteiger charge is -2.26. The minimum Gasteiger partial charge on any atom is -0.466 e. The number of benzene rings is 1. The van der Waals surface area contributed by atoms with Gasteiger partial charge < -0.3 is 4.74 Å². The van der Waals surface area contributed by atoms with Gasteiger partial charge in [-0.05, 0) is 25.3 Å². The lowest BCUT2D eigenvalue weighted by molar-refractivity contribution is -0.148. The van der Waals surface area contributed by atoms with E-state index in [1.54, 1.807) is 13.8 Å². The molecule has 2 unspecified atom stereocenters. The van der Waals surface area contributed by atoms with Crippen LogP contribution in [0.15, 0.2) is 24.3 Å². The summed E-state index contributed by atoms with van der Waals surface area (Å²) in [6, 6.07) is 7.65. The molecular formula is C15H18O3. The van der Waals surface area contributed by atoms with Crippen molar-refractivity contribution >= 4 is 11.8 Å². The Morgan fingerprint density at radius 1 is 1.44 bits per heavy atom. The first kappa shape index (κ1) is 12.8. The predicted octanol–water partition coefficient (Wildman–Crippen LogP) is 2.63. The molecule has 2 atom stereocenters. The summed E-state index contributed by atoms with van der Waals surface area (Å²) in [6.45, 7) is 3.93. The first-order valence-electron chi connectivity index (χ1n) is 6.44. The fourth-order valence-electron chi connectivity index (χ4n) is 2.54. The minimum atomic E-state index is -0.356. The second kappa shape index (κ2) is 5.34. The molecule has 1 aliphatic carbocycles. The Labute approximate surface area is 107 Å². The number of aryl methyl sites for hydroxylation is 1. The van der Waals surface area contributed by atoms with E-state index in [0.717, 1.165) is 24.0 Å². The zero-order valence-electron chi connectivity index (χ0n) is 10.8. The van der Waals surface area contributed by atoms with Gasteiger partial charge in [-0.1, -0.05) is 31.2 Å². The molecule has 0 N–H and O–H groups in total. The Hall–Kier alpha value is -1.64. The molecule has 0 bridgehead atoms. The molecule has 0 amide bonds. The van der Waals surface area contributed by atoms with Crippen LogP contribution in [0.1, 0.15) is 36.2 Å². The van der Waals surface area contributed by atoms with Gasteiger partial charge in [0.1, 0.15) is 0 Å². The van der Waals surface area contributed by atoms with Crippen LogP contribution in [0.2, 0.25) is 0 Å². The van der Waals surface area contributed by atoms with Crippen molar-refractivity contribution in [2.24, 2.45) is 11.8 Å². The van der Waals surface area contributed by atoms with Crippen LogP contribution in [0, 0.1) is 11.8 Å². The molecule has 1 aromatic rings. The standard InChI is InChI=1S/C15H18O3/c1-3-18-15(17)10(2)12-9-8-11-6-4-5-7-13(11)14(12)16/h4-7,10,12H,3,8-9H2,1-2H3. The number of hydrogen-bond donors (Lipinski definition) is 0. The maximum Gasteiger partial charge on any atom is 0.309 e. The molecule has 0 aliphatic heterocycles. The van der Waals surface area contributed by atoms with Gasteiger partial charge >= 0.3 is 5.97 Å². The third-order valence-electron chi connectivity index (χ3n) is 3.61. The summed E-state index contributed by atoms with van der Waals surface area (Å²) in [5.41, 5.74) is 1.86. The molecule has 1 aliphatic rings. The number of hydrogen-bond acceptors (Lipinski definition) is 3. The van der Waals surface area contributed by atoms with Crippen LogP contribution < -0.4 is 0 Å². The molecule has 0 aromatic heterocycles. The topological polar surface area (TPSA) is 43.4 Å². The van der Waals surface area contributed by atoms with Gasteiger partial charge in [0.05, 0.1) is 12.5 Å². The lowest BCUT2D eigenvalue weighted by Crippen LogP contribution is -2.33. The fraction of sp³-hybridized carbons (Fsp3) is 0.467. The van der Waals surface area contributed by atoms with Crippen LogP contribution >= 0.6 is 0 Å². The minimum absolute atomic E-state index is 0.0809. The van der Waals surface area contributed by atoms with Crippen molar-refractivity contribution in [3.63, 3.8) is 0 Å². The highest BCUT2D eigenvalue weighted by Gasteiger charge is 2.35. The lowest BCUT2D eigenvalue weighted by atomic mass is 9.76. The highest BCUT2D eigenvalue weighted by Crippen LogP contribution is 2.30. The fourth-order valence-corrected chi connectivity index (χ4v) is 2.54. The number of esters is 1. The number of carbonyl (C=O) groups is 2. The average Bonchev–Trinajstić information content (AvgIpc) is 2.39. The van der Waals surface area contributed by atoms with Gasteiger partial charge in [-0.15, -0.1) is 0 Å². The quantitative estimate of drug-likeness (QED) is 0.770. The molecule has 18 heavy (non-hydrogen) atoms. The van der Waals surface area contributed by atoms with Crippen LogP contribution in [0.25, 0.3) is 0 Å². The highest BCUT2D eigenvalue weighted by molar-refractivity contribution is 6.02. The summed E-state index contributed by atoms with van der Waals surface area (Å²) in [6.07, 6.45) is 1.59. The normalized spacial score (nSPS) is 20.1. The SMILES string of the molecule is CCOC(=O)C(C)C1CCc2ccccc2C1=O. The van der Waals surface area contributed by atoms with E-state index in [4.69, 9.17) is 4.74 Å². The number of ketones is 1. The van der Waals surface area contributed by atoms with Crippen molar-refractivity contribution < 1.29 is 14.3 Å². The van der Waals surface area contributed by atoms with Gasteiger partial charge in [-0.3, -0.25) is 9.59 Å². The van der Waals surface area contributed by atoms with Gasteiger partial charge in [0, 0.05) is 11.5 Å². The Balaban J connectivity index is 2.19. The van der Waals surface area contributed by atoms with E-state index in [1.807, 2.05) is 24.3 Å². The Bertz CT molecular complexity index is 465. The molecule has 1 aromatic carbocycles. The van der Waals surface area contributed by atoms with Crippen LogP contribution in [0.4, 0.5) is 0 Å². The van der Waals surface area contributed by atoms with E-state index >= 15 is 0 Å². The largest absolute Gasteiger partial charge is 0.466 e. The summed E-state index contributed by atoms with van der Waals surface area (Å²) in [4.78, 5) is 24.1. The number of fused-ring (bicyclic) bond motifs is 1. The maximum atomic E-state index is 12.4. The van der Waals surface area contributed by atoms with Crippen LogP contribution in [0.5, 0.6) is 0 Å². The zero-order valence-corrected chi connectivity index (χ0v) is 10.8. The van der Waals surface area contributed by atoms with Crippen molar-refractivity contribution in [2.75, 3.05) is 6.61 Å². The number of Topliss-reactive ketones (excluding diaryl/α,β-unsaturated/α-hetero) is 1. The van der Waals surface area contributed by atoms with Crippen LogP contribution in [0.3, 0.4) is 0 Å². The molecule has 96 valence electrons. The van der Waals surface area contributed by atoms with E-state index in [2.05, 4.69) is 0 Å². The van der Waals surface area contributed by atoms with E-state index in [-0.39, 0.29) is 23.6 Å². The molecule has 0 heterocycles. The van der Waals surface area contributed by atoms with Gasteiger partial charge in [-0.2, -0.15) is 0 Å². The monoisotopic (exact) mass is 246 g/mol. The molecule has 2 rings (SSSR count). The third kappa shape index (κ3) is 2.30. The molecule has 0 saturated carbocycles. The van der Waals surface area contributed by atoms with E-state index in [1.165, 1.54) is 0 Å². The smallest absolute Gasteiger partial charge is 0.309 e. The van der Waals surface area contributed by atoms with Gasteiger partial charge in [0.2, 0.25) is 0 Å². The van der Waals surface area contributed by atoms with Gasteiger partial charge in [0.25, 0.3) is 0 Å². The molecule has 3 nitrogen and oxygen atoms in total. The molecule has 0 fully saturated rings. The summed E-state index contributed by atoms with van der Waals surface area (Å²) in [5.74, 6) is -0.780. The third-order valence-corrected chi connectivity index (χ3v) is 3.61. The highest BCUT2D eigenvalue weighted by atomic mass is 16.5. The molecular weight excluding hydrogens is 228 g/mol. The van der Waals surface area contributed by atoms with Crippen LogP contribution in [-0.2, 0) is 16.0 Å². The molecule has 3 heteroatoms. The van der Waals surface area contributed by atoms with E-state index in [9.17, 15) is 9.59 Å². The summed E-state index contributed by atoms with van der Waals surface area (Å²) < 4.78 is 5.00. The predicted molar refractivity (Wildman–Crippen MR) is 68.4 cm³/mol. The first-order chi connectivity index (χ1) is 8.65. The van der Waals surface area contributed by atoms with Gasteiger partial charge in [-0.25, -0.2) is 0 Å². The van der Waals surface area contributed by atoms with E-state index in [0.29, 0.717) is 6.61 Å². The number of carbonyl (C=O) groups excluding carboxylic acids is 2. The summed E-state index contributed by atoms with van der Waals surface area (Å²) in [7, 11) is 0. The van der Waals surface area contributed by atoms with Crippen molar-refractivity contribution in [1.29, 1.82) is 0 Å². The van der Waals surface area contributed by atoms with Crippen molar-refractivity contribution in [3.8, 4) is 0 Å². The molecule has 0 spiro atoms. The van der Waals surface area contributed by atoms with Crippen LogP contribution in [-0.4, -0.2) is 18.4 Å². The van der Waals surface area contributed by atoms with Crippen molar-refractivity contribution in [2.45, 2.75) is 26.7 Å². The zero-order chi connectivity index (χ0) is 13.1. The average molecular weight is 246 g/mol. The van der Waals surface area contributed by atoms with Crippen molar-refractivity contribution in [1.82, 2.24) is 0 Å². The number of rotatable bonds is 3. The van der Waals surface area contributed by atoms with Gasteiger partial charge in [0.15, 0.2) is 5.78 Å². The summed E-state index contributed by atoms with van der Waals surface area (Å²) in [5, 5.41) is 0. The second-order valence-electron chi connectivity index (χ2n) is 4.71. The Morgan fingerprint density at radius 3 is 2.89 bits per heavy atom. The van der Waals surface area contributed by atoms with Crippen molar-refractivity contribution in [3.05, 3.63) is 35.4 Å². The Morgan fingerprint density at radius 2 is 2.17 bits per heavy atom. The summed E-state index contributed by atoms with van der Waals surface area (Å²) >= 11 is 0. The Kier molecular flexibility index (Phi) is 3.80. The molecule has 0 saturated heterocycles.